The summed E-state index contributed by atoms with van der Waals surface area (Å²) in [4.78, 5) is 26.0. The Morgan fingerprint density at radius 2 is 2.00 bits per heavy atom. The molecule has 1 aliphatic rings. The van der Waals surface area contributed by atoms with Crippen LogP contribution in [0.2, 0.25) is 0 Å². The number of nitrogens with zero attached hydrogens (tertiary/aromatic N) is 2. The maximum atomic E-state index is 11.7. The second-order valence-corrected chi connectivity index (χ2v) is 3.98. The minimum absolute atomic E-state index is 0.0798. The third-order valence-electron chi connectivity index (χ3n) is 2.45. The Morgan fingerprint density at radius 3 is 2.47 bits per heavy atom. The van der Waals surface area contributed by atoms with Crippen LogP contribution >= 0.6 is 0 Å². The summed E-state index contributed by atoms with van der Waals surface area (Å²) in [5.41, 5.74) is 0. The van der Waals surface area contributed by atoms with E-state index in [4.69, 9.17) is 4.74 Å². The van der Waals surface area contributed by atoms with Crippen LogP contribution in [0.15, 0.2) is 0 Å². The van der Waals surface area contributed by atoms with Gasteiger partial charge in [-0.3, -0.25) is 9.59 Å². The quantitative estimate of drug-likeness (QED) is 0.649. The van der Waals surface area contributed by atoms with Gasteiger partial charge in [-0.1, -0.05) is 0 Å². The molecule has 0 spiro atoms. The third kappa shape index (κ3) is 3.20. The van der Waals surface area contributed by atoms with E-state index in [0.29, 0.717) is 6.61 Å². The normalized spacial score (nSPS) is 20.1. The SMILES string of the molecule is CN(C)C(=O)CN(C)C(=O)C1CCCO1. The summed E-state index contributed by atoms with van der Waals surface area (Å²) >= 11 is 0. The number of hydrogen-bond acceptors (Lipinski definition) is 3. The van der Waals surface area contributed by atoms with Gasteiger partial charge < -0.3 is 14.5 Å². The smallest absolute Gasteiger partial charge is 0.251 e. The predicted molar refractivity (Wildman–Crippen MR) is 55.3 cm³/mol. The van der Waals surface area contributed by atoms with E-state index in [1.54, 1.807) is 21.1 Å². The van der Waals surface area contributed by atoms with E-state index in [-0.39, 0.29) is 24.5 Å². The Bertz CT molecular complexity index is 247. The minimum atomic E-state index is -0.343. The average molecular weight is 214 g/mol. The molecule has 1 unspecified atom stereocenters. The Labute approximate surface area is 90.0 Å². The predicted octanol–water partition coefficient (Wildman–Crippen LogP) is -0.288. The first-order valence-corrected chi connectivity index (χ1v) is 5.09. The molecule has 1 rings (SSSR count). The number of carbonyl (C=O) groups is 2. The summed E-state index contributed by atoms with van der Waals surface area (Å²) in [7, 11) is 4.98. The lowest BCUT2D eigenvalue weighted by atomic mass is 10.2. The van der Waals surface area contributed by atoms with Crippen molar-refractivity contribution < 1.29 is 14.3 Å². The number of likely N-dealkylation sites (N-methyl/N-ethyl adjacent to an activating group) is 2. The zero-order valence-electron chi connectivity index (χ0n) is 9.52. The van der Waals surface area contributed by atoms with Gasteiger partial charge in [0.05, 0.1) is 6.54 Å². The molecule has 0 aromatic carbocycles. The monoisotopic (exact) mass is 214 g/mol. The van der Waals surface area contributed by atoms with Gasteiger partial charge >= 0.3 is 0 Å². The number of hydrogen-bond donors (Lipinski definition) is 0. The van der Waals surface area contributed by atoms with Gasteiger partial charge in [0.2, 0.25) is 5.91 Å². The van der Waals surface area contributed by atoms with Crippen molar-refractivity contribution >= 4 is 11.8 Å². The van der Waals surface area contributed by atoms with Crippen molar-refractivity contribution in [3.05, 3.63) is 0 Å². The summed E-state index contributed by atoms with van der Waals surface area (Å²) in [5.74, 6) is -0.174. The summed E-state index contributed by atoms with van der Waals surface area (Å²) in [5, 5.41) is 0. The molecule has 2 amide bonds. The first-order valence-electron chi connectivity index (χ1n) is 5.09. The Morgan fingerprint density at radius 1 is 1.33 bits per heavy atom. The highest BCUT2D eigenvalue weighted by Crippen LogP contribution is 2.13. The van der Waals surface area contributed by atoms with Crippen LogP contribution < -0.4 is 0 Å². The van der Waals surface area contributed by atoms with E-state index in [2.05, 4.69) is 0 Å². The van der Waals surface area contributed by atoms with Crippen LogP contribution in [0.5, 0.6) is 0 Å². The van der Waals surface area contributed by atoms with E-state index in [1.807, 2.05) is 0 Å². The molecule has 1 fully saturated rings. The summed E-state index contributed by atoms with van der Waals surface area (Å²) in [6, 6.07) is 0. The van der Waals surface area contributed by atoms with Crippen molar-refractivity contribution in [3.63, 3.8) is 0 Å². The molecule has 0 aromatic heterocycles. The maximum absolute atomic E-state index is 11.7. The molecule has 86 valence electrons. The zero-order valence-corrected chi connectivity index (χ0v) is 9.52. The topological polar surface area (TPSA) is 49.9 Å². The molecule has 0 N–H and O–H groups in total. The molecule has 0 aromatic rings. The molecule has 1 saturated heterocycles. The van der Waals surface area contributed by atoms with E-state index < -0.39 is 0 Å². The summed E-state index contributed by atoms with van der Waals surface area (Å²) < 4.78 is 5.26. The lowest BCUT2D eigenvalue weighted by Crippen LogP contribution is -2.42. The van der Waals surface area contributed by atoms with Crippen LogP contribution in [0.4, 0.5) is 0 Å². The van der Waals surface area contributed by atoms with Crippen LogP contribution in [-0.4, -0.2) is 62.0 Å². The van der Waals surface area contributed by atoms with E-state index in [9.17, 15) is 9.59 Å². The molecular weight excluding hydrogens is 196 g/mol. The molecule has 5 heteroatoms. The highest BCUT2D eigenvalue weighted by molar-refractivity contribution is 5.86. The van der Waals surface area contributed by atoms with E-state index in [0.717, 1.165) is 12.8 Å². The zero-order chi connectivity index (χ0) is 11.4. The van der Waals surface area contributed by atoms with Gasteiger partial charge in [0.25, 0.3) is 5.91 Å². The molecule has 1 aliphatic heterocycles. The molecule has 1 atom stereocenters. The fourth-order valence-corrected chi connectivity index (χ4v) is 1.44. The second-order valence-electron chi connectivity index (χ2n) is 3.98. The van der Waals surface area contributed by atoms with Gasteiger partial charge in [0.15, 0.2) is 0 Å². The standard InChI is InChI=1S/C10H18N2O3/c1-11(2)9(13)7-12(3)10(14)8-5-4-6-15-8/h8H,4-7H2,1-3H3. The first kappa shape index (κ1) is 12.0. The largest absolute Gasteiger partial charge is 0.368 e. The molecule has 0 saturated carbocycles. The van der Waals surface area contributed by atoms with Crippen molar-refractivity contribution in [1.29, 1.82) is 0 Å². The molecule has 15 heavy (non-hydrogen) atoms. The van der Waals surface area contributed by atoms with Crippen molar-refractivity contribution in [1.82, 2.24) is 9.80 Å². The minimum Gasteiger partial charge on any atom is -0.368 e. The van der Waals surface area contributed by atoms with Crippen LogP contribution in [0, 0.1) is 0 Å². The molecular formula is C10H18N2O3. The van der Waals surface area contributed by atoms with Crippen molar-refractivity contribution in [2.24, 2.45) is 0 Å². The Hall–Kier alpha value is -1.10. The molecule has 0 radical (unpaired) electrons. The van der Waals surface area contributed by atoms with E-state index in [1.165, 1.54) is 9.80 Å². The van der Waals surface area contributed by atoms with Crippen LogP contribution in [0.1, 0.15) is 12.8 Å². The molecule has 0 bridgehead atoms. The van der Waals surface area contributed by atoms with Gasteiger partial charge in [-0.25, -0.2) is 0 Å². The molecule has 0 aliphatic carbocycles. The fraction of sp³-hybridized carbons (Fsp3) is 0.800. The molecule has 1 heterocycles. The van der Waals surface area contributed by atoms with Crippen molar-refractivity contribution in [3.8, 4) is 0 Å². The lowest BCUT2D eigenvalue weighted by molar-refractivity contribution is -0.144. The number of rotatable bonds is 3. The highest BCUT2D eigenvalue weighted by Gasteiger charge is 2.27. The first-order chi connectivity index (χ1) is 7.02. The van der Waals surface area contributed by atoms with Gasteiger partial charge in [0, 0.05) is 27.7 Å². The Kier molecular flexibility index (Phi) is 4.08. The van der Waals surface area contributed by atoms with Gasteiger partial charge in [0.1, 0.15) is 6.10 Å². The highest BCUT2D eigenvalue weighted by atomic mass is 16.5. The second kappa shape index (κ2) is 5.11. The number of amides is 2. The summed E-state index contributed by atoms with van der Waals surface area (Å²) in [6.45, 7) is 0.761. The fourth-order valence-electron chi connectivity index (χ4n) is 1.44. The maximum Gasteiger partial charge on any atom is 0.251 e. The van der Waals surface area contributed by atoms with Crippen LogP contribution in [-0.2, 0) is 14.3 Å². The van der Waals surface area contributed by atoms with Gasteiger partial charge in [-0.2, -0.15) is 0 Å². The van der Waals surface area contributed by atoms with Crippen molar-refractivity contribution in [2.45, 2.75) is 18.9 Å². The number of ether oxygens (including phenoxy) is 1. The lowest BCUT2D eigenvalue weighted by Gasteiger charge is -2.21. The number of carbonyl (C=O) groups excluding carboxylic acids is 2. The Balaban J connectivity index is 2.42. The van der Waals surface area contributed by atoms with Crippen LogP contribution in [0.3, 0.4) is 0 Å². The van der Waals surface area contributed by atoms with E-state index >= 15 is 0 Å². The van der Waals surface area contributed by atoms with Crippen molar-refractivity contribution in [2.75, 3.05) is 34.3 Å². The molecule has 5 nitrogen and oxygen atoms in total. The third-order valence-corrected chi connectivity index (χ3v) is 2.45. The summed E-state index contributed by atoms with van der Waals surface area (Å²) in [6.07, 6.45) is 1.34. The van der Waals surface area contributed by atoms with Gasteiger partial charge in [-0.15, -0.1) is 0 Å². The average Bonchev–Trinajstić information content (AvgIpc) is 2.68. The van der Waals surface area contributed by atoms with Gasteiger partial charge in [-0.05, 0) is 12.8 Å². The van der Waals surface area contributed by atoms with Crippen LogP contribution in [0.25, 0.3) is 0 Å².